The Labute approximate surface area is 112 Å². The van der Waals surface area contributed by atoms with Gasteiger partial charge >= 0.3 is 5.97 Å². The minimum Gasteiger partial charge on any atom is -0.477 e. The molecule has 0 radical (unpaired) electrons. The van der Waals surface area contributed by atoms with Gasteiger partial charge in [0, 0.05) is 12.6 Å². The van der Waals surface area contributed by atoms with Crippen molar-refractivity contribution in [2.75, 3.05) is 11.4 Å². The second kappa shape index (κ2) is 5.26. The average Bonchev–Trinajstić information content (AvgIpc) is 2.94. The highest BCUT2D eigenvalue weighted by atomic mass is 32.1. The Kier molecular flexibility index (Phi) is 3.90. The molecular formula is C13H20N2O2S. The fourth-order valence-electron chi connectivity index (χ4n) is 2.50. The van der Waals surface area contributed by atoms with Gasteiger partial charge in [0.25, 0.3) is 0 Å². The Balaban J connectivity index is 2.34. The molecule has 5 heteroatoms. The normalized spacial score (nSPS) is 19.8. The molecule has 1 N–H and O–H groups in total. The zero-order valence-corrected chi connectivity index (χ0v) is 12.0. The molecule has 0 aromatic carbocycles. The van der Waals surface area contributed by atoms with Crippen LogP contribution in [0.15, 0.2) is 0 Å². The maximum Gasteiger partial charge on any atom is 0.347 e. The van der Waals surface area contributed by atoms with Crippen LogP contribution in [-0.4, -0.2) is 28.6 Å². The molecule has 4 nitrogen and oxygen atoms in total. The third-order valence-electron chi connectivity index (χ3n) is 3.48. The Morgan fingerprint density at radius 3 is 2.83 bits per heavy atom. The van der Waals surface area contributed by atoms with E-state index >= 15 is 0 Å². The van der Waals surface area contributed by atoms with Crippen molar-refractivity contribution in [3.05, 3.63) is 10.6 Å². The number of carbonyl (C=O) groups is 1. The molecule has 1 aliphatic rings. The lowest BCUT2D eigenvalue weighted by molar-refractivity contribution is 0.0700. The molecule has 0 amide bonds. The number of thiazole rings is 1. The first-order valence-corrected chi connectivity index (χ1v) is 7.36. The maximum absolute atomic E-state index is 11.3. The highest BCUT2D eigenvalue weighted by Crippen LogP contribution is 2.35. The van der Waals surface area contributed by atoms with Gasteiger partial charge in [0.05, 0.1) is 5.69 Å². The second-order valence-corrected chi connectivity index (χ2v) is 6.05. The van der Waals surface area contributed by atoms with Crippen LogP contribution >= 0.6 is 11.3 Å². The summed E-state index contributed by atoms with van der Waals surface area (Å²) >= 11 is 1.33. The molecule has 1 saturated heterocycles. The summed E-state index contributed by atoms with van der Waals surface area (Å²) in [7, 11) is 0. The fraction of sp³-hybridized carbons (Fsp3) is 0.692. The highest BCUT2D eigenvalue weighted by Gasteiger charge is 2.28. The number of aromatic nitrogens is 1. The van der Waals surface area contributed by atoms with Gasteiger partial charge in [-0.3, -0.25) is 0 Å². The number of hydrogen-bond donors (Lipinski definition) is 1. The van der Waals surface area contributed by atoms with Crippen LogP contribution in [-0.2, 0) is 0 Å². The molecule has 100 valence electrons. The lowest BCUT2D eigenvalue weighted by Gasteiger charge is -2.22. The molecular weight excluding hydrogens is 248 g/mol. The van der Waals surface area contributed by atoms with Gasteiger partial charge in [-0.2, -0.15) is 0 Å². The topological polar surface area (TPSA) is 53.4 Å². The Hall–Kier alpha value is -1.10. The third-order valence-corrected chi connectivity index (χ3v) is 4.57. The van der Waals surface area contributed by atoms with E-state index in [2.05, 4.69) is 16.8 Å². The van der Waals surface area contributed by atoms with E-state index in [1.54, 1.807) is 0 Å². The van der Waals surface area contributed by atoms with Crippen LogP contribution in [0.1, 0.15) is 61.3 Å². The van der Waals surface area contributed by atoms with Crippen LogP contribution in [0.3, 0.4) is 0 Å². The standard InChI is InChI=1S/C13H20N2O2S/c1-4-9-6-5-7-15(9)13-14-10(8(2)3)11(18-13)12(16)17/h8-9H,4-7H2,1-3H3,(H,16,17). The van der Waals surface area contributed by atoms with E-state index < -0.39 is 5.97 Å². The van der Waals surface area contributed by atoms with Crippen molar-refractivity contribution < 1.29 is 9.90 Å². The van der Waals surface area contributed by atoms with Gasteiger partial charge in [-0.05, 0) is 25.2 Å². The Bertz CT molecular complexity index is 442. The molecule has 1 atom stereocenters. The minimum absolute atomic E-state index is 0.156. The average molecular weight is 268 g/mol. The van der Waals surface area contributed by atoms with E-state index in [1.807, 2.05) is 13.8 Å². The molecule has 0 spiro atoms. The van der Waals surface area contributed by atoms with E-state index in [9.17, 15) is 9.90 Å². The zero-order chi connectivity index (χ0) is 13.3. The Morgan fingerprint density at radius 2 is 2.33 bits per heavy atom. The molecule has 18 heavy (non-hydrogen) atoms. The van der Waals surface area contributed by atoms with Gasteiger partial charge in [-0.1, -0.05) is 32.1 Å². The number of rotatable bonds is 4. The van der Waals surface area contributed by atoms with E-state index in [1.165, 1.54) is 24.2 Å². The van der Waals surface area contributed by atoms with Gasteiger partial charge < -0.3 is 10.0 Å². The van der Waals surface area contributed by atoms with Crippen LogP contribution < -0.4 is 4.90 Å². The highest BCUT2D eigenvalue weighted by molar-refractivity contribution is 7.17. The maximum atomic E-state index is 11.3. The third kappa shape index (κ3) is 2.36. The minimum atomic E-state index is -0.852. The van der Waals surface area contributed by atoms with E-state index in [0.29, 0.717) is 10.9 Å². The number of nitrogens with zero attached hydrogens (tertiary/aromatic N) is 2. The Morgan fingerprint density at radius 1 is 1.61 bits per heavy atom. The number of carboxylic acid groups (broad SMARTS) is 1. The zero-order valence-electron chi connectivity index (χ0n) is 11.1. The fourth-order valence-corrected chi connectivity index (χ4v) is 3.66. The molecule has 1 aromatic rings. The summed E-state index contributed by atoms with van der Waals surface area (Å²) in [5.41, 5.74) is 0.726. The number of hydrogen-bond acceptors (Lipinski definition) is 4. The largest absolute Gasteiger partial charge is 0.477 e. The summed E-state index contributed by atoms with van der Waals surface area (Å²) in [6.07, 6.45) is 3.46. The first-order valence-electron chi connectivity index (χ1n) is 6.55. The summed E-state index contributed by atoms with van der Waals surface area (Å²) in [4.78, 5) is 18.5. The first-order chi connectivity index (χ1) is 8.54. The van der Waals surface area contributed by atoms with Crippen molar-refractivity contribution in [3.8, 4) is 0 Å². The van der Waals surface area contributed by atoms with Gasteiger partial charge in [0.1, 0.15) is 4.88 Å². The summed E-state index contributed by atoms with van der Waals surface area (Å²) in [6, 6.07) is 0.526. The van der Waals surface area contributed by atoms with E-state index in [4.69, 9.17) is 0 Å². The molecule has 2 heterocycles. The van der Waals surface area contributed by atoms with Crippen LogP contribution in [0.5, 0.6) is 0 Å². The summed E-state index contributed by atoms with van der Waals surface area (Å²) in [6.45, 7) is 7.17. The van der Waals surface area contributed by atoms with Crippen molar-refractivity contribution in [2.45, 2.75) is 52.0 Å². The molecule has 0 aliphatic carbocycles. The van der Waals surface area contributed by atoms with Crippen molar-refractivity contribution in [2.24, 2.45) is 0 Å². The van der Waals surface area contributed by atoms with Crippen LogP contribution in [0, 0.1) is 0 Å². The van der Waals surface area contributed by atoms with Crippen molar-refractivity contribution in [1.29, 1.82) is 0 Å². The molecule has 1 unspecified atom stereocenters. The van der Waals surface area contributed by atoms with Gasteiger partial charge in [0.15, 0.2) is 5.13 Å². The predicted octanol–water partition coefficient (Wildman–Crippen LogP) is 3.34. The number of aromatic carboxylic acids is 1. The summed E-state index contributed by atoms with van der Waals surface area (Å²) < 4.78 is 0. The SMILES string of the molecule is CCC1CCCN1c1nc(C(C)C)c(C(=O)O)s1. The van der Waals surface area contributed by atoms with Crippen LogP contribution in [0.4, 0.5) is 5.13 Å². The van der Waals surface area contributed by atoms with Crippen molar-refractivity contribution >= 4 is 22.4 Å². The van der Waals surface area contributed by atoms with Gasteiger partial charge in [0.2, 0.25) is 0 Å². The second-order valence-electron chi connectivity index (χ2n) is 5.07. The number of anilines is 1. The summed E-state index contributed by atoms with van der Waals surface area (Å²) in [5, 5.41) is 10.1. The predicted molar refractivity (Wildman–Crippen MR) is 73.8 cm³/mol. The lowest BCUT2D eigenvalue weighted by Crippen LogP contribution is -2.28. The smallest absolute Gasteiger partial charge is 0.347 e. The quantitative estimate of drug-likeness (QED) is 0.910. The molecule has 1 fully saturated rings. The van der Waals surface area contributed by atoms with E-state index in [-0.39, 0.29) is 5.92 Å². The monoisotopic (exact) mass is 268 g/mol. The lowest BCUT2D eigenvalue weighted by atomic mass is 10.1. The van der Waals surface area contributed by atoms with Gasteiger partial charge in [-0.25, -0.2) is 9.78 Å². The molecule has 0 saturated carbocycles. The van der Waals surface area contributed by atoms with Crippen molar-refractivity contribution in [3.63, 3.8) is 0 Å². The molecule has 1 aliphatic heterocycles. The van der Waals surface area contributed by atoms with Crippen LogP contribution in [0.25, 0.3) is 0 Å². The van der Waals surface area contributed by atoms with Crippen LogP contribution in [0.2, 0.25) is 0 Å². The summed E-state index contributed by atoms with van der Waals surface area (Å²) in [5.74, 6) is -0.696. The first kappa shape index (κ1) is 13.3. The van der Waals surface area contributed by atoms with Crippen molar-refractivity contribution in [1.82, 2.24) is 4.98 Å². The van der Waals surface area contributed by atoms with Gasteiger partial charge in [-0.15, -0.1) is 0 Å². The molecule has 1 aromatic heterocycles. The van der Waals surface area contributed by atoms with E-state index in [0.717, 1.165) is 23.8 Å². The molecule has 0 bridgehead atoms. The number of carboxylic acids is 1. The molecule has 2 rings (SSSR count).